The van der Waals surface area contributed by atoms with Crippen molar-refractivity contribution in [3.63, 3.8) is 0 Å². The van der Waals surface area contributed by atoms with E-state index in [1.54, 1.807) is 5.98 Å². The number of hydrogen-bond donors (Lipinski definition) is 0. The van der Waals surface area contributed by atoms with E-state index in [1.165, 1.54) is 6.42 Å². The highest BCUT2D eigenvalue weighted by Crippen LogP contribution is 2.65. The van der Waals surface area contributed by atoms with Gasteiger partial charge < -0.3 is 9.31 Å². The summed E-state index contributed by atoms with van der Waals surface area (Å²) in [5, 5.41) is 0. The summed E-state index contributed by atoms with van der Waals surface area (Å²) in [6.07, 6.45) is 2.76. The molecule has 0 N–H and O–H groups in total. The van der Waals surface area contributed by atoms with Crippen molar-refractivity contribution < 1.29 is 9.31 Å². The van der Waals surface area contributed by atoms with Crippen molar-refractivity contribution in [3.8, 4) is 0 Å². The normalized spacial score (nSPS) is 50.9. The van der Waals surface area contributed by atoms with Crippen LogP contribution in [0, 0.1) is 17.3 Å². The summed E-state index contributed by atoms with van der Waals surface area (Å²) >= 11 is 0. The Balaban J connectivity index is 1.92. The van der Waals surface area contributed by atoms with E-state index in [0.717, 1.165) is 12.3 Å². The van der Waals surface area contributed by atoms with Crippen LogP contribution in [0.25, 0.3) is 0 Å². The van der Waals surface area contributed by atoms with Crippen molar-refractivity contribution >= 4 is 7.12 Å². The molecule has 0 radical (unpaired) electrons. The van der Waals surface area contributed by atoms with Gasteiger partial charge in [0.1, 0.15) is 0 Å². The molecule has 3 heteroatoms. The second-order valence-corrected chi connectivity index (χ2v) is 6.07. The van der Waals surface area contributed by atoms with Gasteiger partial charge in [-0.25, -0.2) is 0 Å². The minimum absolute atomic E-state index is 0.0723. The molecule has 1 aliphatic heterocycles. The van der Waals surface area contributed by atoms with Crippen LogP contribution in [0.1, 0.15) is 33.6 Å². The number of hydrogen-bond acceptors (Lipinski definition) is 2. The third-order valence-electron chi connectivity index (χ3n) is 5.16. The standard InChI is InChI=1S/C12H19BO2/c1-5-13-14-10-7-8-6-9(11(8,2)3)12(10,4)15-13/h5,8-10H,1,6-7H2,2-4H3. The van der Waals surface area contributed by atoms with Gasteiger partial charge in [0, 0.05) is 0 Å². The summed E-state index contributed by atoms with van der Waals surface area (Å²) in [5.41, 5.74) is 0.363. The summed E-state index contributed by atoms with van der Waals surface area (Å²) in [5.74, 6) is 3.25. The van der Waals surface area contributed by atoms with E-state index in [1.807, 2.05) is 0 Å². The van der Waals surface area contributed by atoms with Gasteiger partial charge in [0.15, 0.2) is 0 Å². The molecule has 2 bridgehead atoms. The minimum Gasteiger partial charge on any atom is -0.402 e. The zero-order valence-electron chi connectivity index (χ0n) is 9.82. The van der Waals surface area contributed by atoms with Crippen LogP contribution in [-0.2, 0) is 9.31 Å². The first kappa shape index (κ1) is 9.92. The monoisotopic (exact) mass is 206 g/mol. The van der Waals surface area contributed by atoms with E-state index >= 15 is 0 Å². The lowest BCUT2D eigenvalue weighted by Gasteiger charge is -2.64. The fraction of sp³-hybridized carbons (Fsp3) is 0.833. The molecule has 4 aliphatic rings. The van der Waals surface area contributed by atoms with Crippen LogP contribution in [0.4, 0.5) is 0 Å². The maximum Gasteiger partial charge on any atom is 0.486 e. The van der Waals surface area contributed by atoms with Crippen molar-refractivity contribution in [1.29, 1.82) is 0 Å². The van der Waals surface area contributed by atoms with Crippen molar-refractivity contribution in [2.24, 2.45) is 17.3 Å². The molecule has 0 aromatic carbocycles. The van der Waals surface area contributed by atoms with Crippen LogP contribution in [0.3, 0.4) is 0 Å². The Morgan fingerprint density at radius 3 is 2.67 bits per heavy atom. The third-order valence-corrected chi connectivity index (χ3v) is 5.16. The van der Waals surface area contributed by atoms with Crippen molar-refractivity contribution in [3.05, 3.63) is 12.6 Å². The quantitative estimate of drug-likeness (QED) is 0.613. The molecule has 4 rings (SSSR count). The van der Waals surface area contributed by atoms with Crippen LogP contribution in [0.2, 0.25) is 0 Å². The summed E-state index contributed by atoms with van der Waals surface area (Å²) < 4.78 is 11.9. The molecule has 0 aromatic heterocycles. The van der Waals surface area contributed by atoms with Gasteiger partial charge in [0.05, 0.1) is 11.7 Å². The van der Waals surface area contributed by atoms with Gasteiger partial charge in [-0.2, -0.15) is 0 Å². The van der Waals surface area contributed by atoms with Crippen molar-refractivity contribution in [2.45, 2.75) is 45.3 Å². The first-order valence-corrected chi connectivity index (χ1v) is 5.94. The zero-order valence-corrected chi connectivity index (χ0v) is 9.82. The lowest BCUT2D eigenvalue weighted by Crippen LogP contribution is -2.65. The lowest BCUT2D eigenvalue weighted by molar-refractivity contribution is -0.199. The highest BCUT2D eigenvalue weighted by Gasteiger charge is 2.67. The molecule has 0 spiro atoms. The molecule has 0 amide bonds. The van der Waals surface area contributed by atoms with Crippen molar-refractivity contribution in [1.82, 2.24) is 0 Å². The fourth-order valence-corrected chi connectivity index (χ4v) is 4.00. The molecule has 15 heavy (non-hydrogen) atoms. The Bertz CT molecular complexity index is 315. The van der Waals surface area contributed by atoms with Crippen LogP contribution < -0.4 is 0 Å². The van der Waals surface area contributed by atoms with Gasteiger partial charge in [0.2, 0.25) is 0 Å². The smallest absolute Gasteiger partial charge is 0.402 e. The van der Waals surface area contributed by atoms with E-state index in [4.69, 9.17) is 9.31 Å². The molecule has 82 valence electrons. The van der Waals surface area contributed by atoms with E-state index in [-0.39, 0.29) is 18.8 Å². The Labute approximate surface area is 92.2 Å². The second-order valence-electron chi connectivity index (χ2n) is 6.07. The van der Waals surface area contributed by atoms with Gasteiger partial charge in [0.25, 0.3) is 0 Å². The van der Waals surface area contributed by atoms with Gasteiger partial charge in [-0.1, -0.05) is 19.8 Å². The molecule has 2 nitrogen and oxygen atoms in total. The molecule has 3 saturated carbocycles. The molecule has 4 fully saturated rings. The average molecular weight is 206 g/mol. The maximum absolute atomic E-state index is 6.05. The summed E-state index contributed by atoms with van der Waals surface area (Å²) in [6.45, 7) is 10.7. The predicted molar refractivity (Wildman–Crippen MR) is 60.3 cm³/mol. The Morgan fingerprint density at radius 1 is 1.33 bits per heavy atom. The Morgan fingerprint density at radius 2 is 2.07 bits per heavy atom. The van der Waals surface area contributed by atoms with Crippen LogP contribution in [0.5, 0.6) is 0 Å². The summed E-state index contributed by atoms with van der Waals surface area (Å²) in [7, 11) is -0.185. The molecule has 3 aliphatic carbocycles. The first-order chi connectivity index (χ1) is 6.98. The molecular weight excluding hydrogens is 187 g/mol. The van der Waals surface area contributed by atoms with E-state index in [9.17, 15) is 0 Å². The van der Waals surface area contributed by atoms with Crippen LogP contribution >= 0.6 is 0 Å². The Hall–Kier alpha value is -0.275. The molecule has 1 saturated heterocycles. The summed E-state index contributed by atoms with van der Waals surface area (Å²) in [4.78, 5) is 0. The molecule has 0 aromatic rings. The summed E-state index contributed by atoms with van der Waals surface area (Å²) in [6, 6.07) is 0. The third kappa shape index (κ3) is 1.03. The zero-order chi connectivity index (χ0) is 10.8. The van der Waals surface area contributed by atoms with Crippen LogP contribution in [0.15, 0.2) is 12.6 Å². The molecule has 4 unspecified atom stereocenters. The van der Waals surface area contributed by atoms with Gasteiger partial charge in [-0.3, -0.25) is 0 Å². The highest BCUT2D eigenvalue weighted by atomic mass is 16.7. The van der Waals surface area contributed by atoms with Gasteiger partial charge >= 0.3 is 7.12 Å². The molecular formula is C12H19BO2. The van der Waals surface area contributed by atoms with E-state index in [2.05, 4.69) is 27.4 Å². The SMILES string of the molecule is C=CB1OC2CC3CC(C3(C)C)C2(C)O1. The molecule has 4 atom stereocenters. The lowest BCUT2D eigenvalue weighted by atomic mass is 9.43. The van der Waals surface area contributed by atoms with E-state index < -0.39 is 0 Å². The van der Waals surface area contributed by atoms with E-state index in [0.29, 0.717) is 11.3 Å². The maximum atomic E-state index is 6.05. The molecule has 1 heterocycles. The average Bonchev–Trinajstić information content (AvgIpc) is 2.53. The fourth-order valence-electron chi connectivity index (χ4n) is 4.00. The minimum atomic E-state index is -0.185. The van der Waals surface area contributed by atoms with Gasteiger partial charge in [-0.05, 0) is 37.0 Å². The largest absolute Gasteiger partial charge is 0.486 e. The topological polar surface area (TPSA) is 18.5 Å². The Kier molecular flexibility index (Phi) is 1.78. The first-order valence-electron chi connectivity index (χ1n) is 5.94. The second kappa shape index (κ2) is 2.69. The van der Waals surface area contributed by atoms with Gasteiger partial charge in [-0.15, -0.1) is 6.58 Å². The highest BCUT2D eigenvalue weighted by molar-refractivity contribution is 6.51. The van der Waals surface area contributed by atoms with Crippen molar-refractivity contribution in [2.75, 3.05) is 0 Å². The predicted octanol–water partition coefficient (Wildman–Crippen LogP) is 2.44. The van der Waals surface area contributed by atoms with Crippen LogP contribution in [-0.4, -0.2) is 18.8 Å². The number of rotatable bonds is 1.